The van der Waals surface area contributed by atoms with Crippen molar-refractivity contribution in [3.63, 3.8) is 0 Å². The van der Waals surface area contributed by atoms with Crippen LogP contribution in [0.4, 0.5) is 5.95 Å². The molecule has 0 unspecified atom stereocenters. The van der Waals surface area contributed by atoms with Crippen LogP contribution >= 0.6 is 0 Å². The SMILES string of the molecule is C#Cc1cnc(N)nc1OC1COC1. The molecule has 1 aromatic rings. The molecule has 1 saturated heterocycles. The Bertz CT molecular complexity index is 382. The standard InChI is InChI=1S/C9H9N3O2/c1-2-6-3-11-9(10)12-8(6)14-7-4-13-5-7/h1,3,7H,4-5H2,(H2,10,11,12). The zero-order chi connectivity index (χ0) is 9.97. The maximum Gasteiger partial charge on any atom is 0.234 e. The van der Waals surface area contributed by atoms with E-state index >= 15 is 0 Å². The van der Waals surface area contributed by atoms with Gasteiger partial charge in [0.15, 0.2) is 0 Å². The Balaban J connectivity index is 2.21. The molecule has 0 aliphatic carbocycles. The number of ether oxygens (including phenoxy) is 2. The van der Waals surface area contributed by atoms with Crippen LogP contribution in [0.3, 0.4) is 0 Å². The molecule has 0 amide bonds. The maximum atomic E-state index is 5.45. The van der Waals surface area contributed by atoms with Crippen molar-refractivity contribution < 1.29 is 9.47 Å². The summed E-state index contributed by atoms with van der Waals surface area (Å²) >= 11 is 0. The molecule has 0 radical (unpaired) electrons. The topological polar surface area (TPSA) is 70.3 Å². The fraction of sp³-hybridized carbons (Fsp3) is 0.333. The quantitative estimate of drug-likeness (QED) is 0.656. The third-order valence-corrected chi connectivity index (χ3v) is 1.81. The lowest BCUT2D eigenvalue weighted by atomic mass is 10.3. The van der Waals surface area contributed by atoms with Gasteiger partial charge in [0, 0.05) is 0 Å². The van der Waals surface area contributed by atoms with Crippen molar-refractivity contribution in [1.82, 2.24) is 9.97 Å². The van der Waals surface area contributed by atoms with Crippen LogP contribution in [-0.2, 0) is 4.74 Å². The normalized spacial score (nSPS) is 15.6. The molecule has 2 rings (SSSR count). The van der Waals surface area contributed by atoms with Crippen LogP contribution < -0.4 is 10.5 Å². The van der Waals surface area contributed by atoms with E-state index in [1.807, 2.05) is 0 Å². The van der Waals surface area contributed by atoms with Gasteiger partial charge >= 0.3 is 0 Å². The third-order valence-electron chi connectivity index (χ3n) is 1.81. The summed E-state index contributed by atoms with van der Waals surface area (Å²) in [6.07, 6.45) is 6.75. The lowest BCUT2D eigenvalue weighted by Crippen LogP contribution is -2.39. The summed E-state index contributed by atoms with van der Waals surface area (Å²) < 4.78 is 10.4. The number of rotatable bonds is 2. The summed E-state index contributed by atoms with van der Waals surface area (Å²) in [6, 6.07) is 0. The van der Waals surface area contributed by atoms with Gasteiger partial charge in [0.1, 0.15) is 11.7 Å². The fourth-order valence-corrected chi connectivity index (χ4v) is 1.01. The van der Waals surface area contributed by atoms with Gasteiger partial charge in [-0.3, -0.25) is 0 Å². The third kappa shape index (κ3) is 1.60. The number of hydrogen-bond donors (Lipinski definition) is 1. The van der Waals surface area contributed by atoms with Crippen LogP contribution in [0.5, 0.6) is 5.88 Å². The van der Waals surface area contributed by atoms with E-state index in [2.05, 4.69) is 15.9 Å². The first-order valence-corrected chi connectivity index (χ1v) is 4.13. The molecule has 0 spiro atoms. The van der Waals surface area contributed by atoms with Gasteiger partial charge in [-0.2, -0.15) is 4.98 Å². The summed E-state index contributed by atoms with van der Waals surface area (Å²) in [4.78, 5) is 7.69. The van der Waals surface area contributed by atoms with Crippen molar-refractivity contribution in [3.8, 4) is 18.2 Å². The molecule has 1 aliphatic rings. The van der Waals surface area contributed by atoms with Crippen LogP contribution in [0.2, 0.25) is 0 Å². The predicted molar refractivity (Wildman–Crippen MR) is 49.6 cm³/mol. The summed E-state index contributed by atoms with van der Waals surface area (Å²) in [5, 5.41) is 0. The minimum Gasteiger partial charge on any atom is -0.468 e. The van der Waals surface area contributed by atoms with Crippen molar-refractivity contribution in [2.24, 2.45) is 0 Å². The predicted octanol–water partition coefficient (Wildman–Crippen LogP) is -0.182. The van der Waals surface area contributed by atoms with Crippen LogP contribution in [0.15, 0.2) is 6.20 Å². The number of hydrogen-bond acceptors (Lipinski definition) is 5. The number of nitrogen functional groups attached to an aromatic ring is 1. The number of terminal acetylenes is 1. The van der Waals surface area contributed by atoms with Crippen LogP contribution in [-0.4, -0.2) is 29.3 Å². The lowest BCUT2D eigenvalue weighted by Gasteiger charge is -2.26. The highest BCUT2D eigenvalue weighted by Gasteiger charge is 2.22. The molecule has 1 aliphatic heterocycles. The van der Waals surface area contributed by atoms with E-state index in [0.29, 0.717) is 24.7 Å². The minimum atomic E-state index is 0.0244. The molecule has 72 valence electrons. The van der Waals surface area contributed by atoms with Gasteiger partial charge < -0.3 is 15.2 Å². The number of aromatic nitrogens is 2. The molecule has 0 atom stereocenters. The largest absolute Gasteiger partial charge is 0.468 e. The Morgan fingerprint density at radius 1 is 1.64 bits per heavy atom. The molecule has 0 bridgehead atoms. The Labute approximate surface area is 81.3 Å². The van der Waals surface area contributed by atoms with Gasteiger partial charge in [0.25, 0.3) is 0 Å². The molecule has 2 heterocycles. The zero-order valence-electron chi connectivity index (χ0n) is 7.43. The number of anilines is 1. The monoisotopic (exact) mass is 191 g/mol. The Morgan fingerprint density at radius 2 is 2.43 bits per heavy atom. The van der Waals surface area contributed by atoms with Gasteiger partial charge in [-0.1, -0.05) is 5.92 Å². The fourth-order valence-electron chi connectivity index (χ4n) is 1.01. The Kier molecular flexibility index (Phi) is 2.21. The molecule has 1 aromatic heterocycles. The molecule has 5 heteroatoms. The summed E-state index contributed by atoms with van der Waals surface area (Å²) in [5.41, 5.74) is 5.92. The number of nitrogens with zero attached hydrogens (tertiary/aromatic N) is 2. The van der Waals surface area contributed by atoms with Crippen molar-refractivity contribution in [2.45, 2.75) is 6.10 Å². The van der Waals surface area contributed by atoms with Crippen LogP contribution in [0.25, 0.3) is 0 Å². The highest BCUT2D eigenvalue weighted by molar-refractivity contribution is 5.41. The highest BCUT2D eigenvalue weighted by atomic mass is 16.6. The Hall–Kier alpha value is -1.80. The van der Waals surface area contributed by atoms with E-state index < -0.39 is 0 Å². The van der Waals surface area contributed by atoms with Crippen molar-refractivity contribution in [3.05, 3.63) is 11.8 Å². The minimum absolute atomic E-state index is 0.0244. The maximum absolute atomic E-state index is 5.45. The van der Waals surface area contributed by atoms with Gasteiger partial charge in [-0.15, -0.1) is 6.42 Å². The smallest absolute Gasteiger partial charge is 0.234 e. The summed E-state index contributed by atoms with van der Waals surface area (Å²) in [7, 11) is 0. The van der Waals surface area contributed by atoms with Crippen LogP contribution in [0.1, 0.15) is 5.56 Å². The average molecular weight is 191 g/mol. The van der Waals surface area contributed by atoms with E-state index in [1.54, 1.807) is 0 Å². The number of nitrogens with two attached hydrogens (primary N) is 1. The van der Waals surface area contributed by atoms with Gasteiger partial charge in [0.05, 0.1) is 19.4 Å². The molecular weight excluding hydrogens is 182 g/mol. The Morgan fingerprint density at radius 3 is 3.00 bits per heavy atom. The van der Waals surface area contributed by atoms with Gasteiger partial charge in [-0.05, 0) is 0 Å². The van der Waals surface area contributed by atoms with Crippen LogP contribution in [0, 0.1) is 12.3 Å². The first kappa shape index (κ1) is 8.78. The average Bonchev–Trinajstić information content (AvgIpc) is 2.12. The second-order valence-corrected chi connectivity index (χ2v) is 2.87. The van der Waals surface area contributed by atoms with Crippen molar-refractivity contribution >= 4 is 5.95 Å². The molecule has 5 nitrogen and oxygen atoms in total. The summed E-state index contributed by atoms with van der Waals surface area (Å²) in [5.74, 6) is 2.94. The van der Waals surface area contributed by atoms with E-state index in [4.69, 9.17) is 21.6 Å². The van der Waals surface area contributed by atoms with E-state index in [-0.39, 0.29) is 12.1 Å². The van der Waals surface area contributed by atoms with Gasteiger partial charge in [-0.25, -0.2) is 4.98 Å². The van der Waals surface area contributed by atoms with Crippen molar-refractivity contribution in [1.29, 1.82) is 0 Å². The molecule has 0 saturated carbocycles. The zero-order valence-corrected chi connectivity index (χ0v) is 7.43. The van der Waals surface area contributed by atoms with Gasteiger partial charge in [0.2, 0.25) is 11.8 Å². The molecule has 2 N–H and O–H groups in total. The first-order valence-electron chi connectivity index (χ1n) is 4.13. The summed E-state index contributed by atoms with van der Waals surface area (Å²) in [6.45, 7) is 1.13. The molecule has 0 aromatic carbocycles. The van der Waals surface area contributed by atoms with E-state index in [9.17, 15) is 0 Å². The van der Waals surface area contributed by atoms with E-state index in [1.165, 1.54) is 6.20 Å². The van der Waals surface area contributed by atoms with Crippen molar-refractivity contribution in [2.75, 3.05) is 18.9 Å². The van der Waals surface area contributed by atoms with E-state index in [0.717, 1.165) is 0 Å². The molecular formula is C9H9N3O2. The molecule has 14 heavy (non-hydrogen) atoms. The highest BCUT2D eigenvalue weighted by Crippen LogP contribution is 2.18. The second kappa shape index (κ2) is 3.52. The molecule has 1 fully saturated rings. The lowest BCUT2D eigenvalue weighted by molar-refractivity contribution is -0.0814. The first-order chi connectivity index (χ1) is 6.79. The second-order valence-electron chi connectivity index (χ2n) is 2.87.